The van der Waals surface area contributed by atoms with Gasteiger partial charge >= 0.3 is 0 Å². The van der Waals surface area contributed by atoms with Crippen LogP contribution < -0.4 is 5.32 Å². The van der Waals surface area contributed by atoms with Gasteiger partial charge in [0.15, 0.2) is 0 Å². The fourth-order valence-corrected chi connectivity index (χ4v) is 4.76. The van der Waals surface area contributed by atoms with Gasteiger partial charge in [-0.1, -0.05) is 54.6 Å². The van der Waals surface area contributed by atoms with Crippen LogP contribution in [0, 0.1) is 13.8 Å². The quantitative estimate of drug-likeness (QED) is 0.478. The number of aromatic nitrogens is 2. The molecule has 1 amide bonds. The van der Waals surface area contributed by atoms with Crippen molar-refractivity contribution in [3.63, 3.8) is 0 Å². The monoisotopic (exact) mass is 405 g/mol. The molecule has 0 unspecified atom stereocenters. The van der Waals surface area contributed by atoms with Gasteiger partial charge in [-0.2, -0.15) is 0 Å². The van der Waals surface area contributed by atoms with E-state index < -0.39 is 0 Å². The van der Waals surface area contributed by atoms with Gasteiger partial charge in [0.05, 0.1) is 12.2 Å². The van der Waals surface area contributed by atoms with Crippen molar-refractivity contribution in [3.8, 4) is 21.1 Å². The van der Waals surface area contributed by atoms with E-state index in [2.05, 4.69) is 34.3 Å². The summed E-state index contributed by atoms with van der Waals surface area (Å²) in [4.78, 5) is 22.7. The number of amides is 1. The van der Waals surface area contributed by atoms with E-state index in [0.717, 1.165) is 31.7 Å². The van der Waals surface area contributed by atoms with E-state index >= 15 is 0 Å². The first-order valence-corrected chi connectivity index (χ1v) is 10.6. The zero-order valence-corrected chi connectivity index (χ0v) is 17.2. The number of nitrogens with one attached hydrogen (secondary N) is 1. The number of thiazole rings is 2. The Balaban J connectivity index is 1.46. The average molecular weight is 406 g/mol. The van der Waals surface area contributed by atoms with Crippen molar-refractivity contribution in [2.75, 3.05) is 0 Å². The normalized spacial score (nSPS) is 10.8. The first kappa shape index (κ1) is 18.5. The number of aryl methyl sites for hydroxylation is 2. The van der Waals surface area contributed by atoms with Crippen LogP contribution in [-0.2, 0) is 6.54 Å². The lowest BCUT2D eigenvalue weighted by Gasteiger charge is -2.02. The van der Waals surface area contributed by atoms with Crippen LogP contribution in [0.1, 0.15) is 26.6 Å². The molecular weight excluding hydrogens is 386 g/mol. The SMILES string of the molecule is Cc1ccccc1-c1nc(C)c(CNC(=O)c2csc(-c3ccccc3)n2)s1. The maximum Gasteiger partial charge on any atom is 0.271 e. The van der Waals surface area contributed by atoms with E-state index in [9.17, 15) is 4.79 Å². The van der Waals surface area contributed by atoms with Crippen LogP contribution in [0.3, 0.4) is 0 Å². The van der Waals surface area contributed by atoms with Crippen molar-refractivity contribution in [3.05, 3.63) is 81.8 Å². The molecule has 28 heavy (non-hydrogen) atoms. The van der Waals surface area contributed by atoms with Crippen molar-refractivity contribution < 1.29 is 4.79 Å². The van der Waals surface area contributed by atoms with E-state index in [1.165, 1.54) is 16.9 Å². The van der Waals surface area contributed by atoms with Crippen LogP contribution in [0.15, 0.2) is 60.0 Å². The van der Waals surface area contributed by atoms with E-state index in [1.54, 1.807) is 16.7 Å². The van der Waals surface area contributed by atoms with E-state index in [-0.39, 0.29) is 5.91 Å². The first-order valence-electron chi connectivity index (χ1n) is 8.93. The summed E-state index contributed by atoms with van der Waals surface area (Å²) in [6, 6.07) is 18.1. The van der Waals surface area contributed by atoms with Gasteiger partial charge in [-0.05, 0) is 19.4 Å². The molecule has 2 heterocycles. The predicted molar refractivity (Wildman–Crippen MR) is 116 cm³/mol. The summed E-state index contributed by atoms with van der Waals surface area (Å²) >= 11 is 3.10. The third-order valence-corrected chi connectivity index (χ3v) is 6.52. The molecule has 0 aliphatic carbocycles. The zero-order chi connectivity index (χ0) is 19.5. The predicted octanol–water partition coefficient (Wildman–Crippen LogP) is 5.48. The Morgan fingerprint density at radius 2 is 1.71 bits per heavy atom. The number of nitrogens with zero attached hydrogens (tertiary/aromatic N) is 2. The smallest absolute Gasteiger partial charge is 0.271 e. The summed E-state index contributed by atoms with van der Waals surface area (Å²) < 4.78 is 0. The molecule has 1 N–H and O–H groups in total. The molecular formula is C22H19N3OS2. The minimum absolute atomic E-state index is 0.163. The minimum atomic E-state index is -0.163. The fourth-order valence-electron chi connectivity index (χ4n) is 2.86. The molecule has 0 atom stereocenters. The van der Waals surface area contributed by atoms with Crippen molar-refractivity contribution >= 4 is 28.6 Å². The highest BCUT2D eigenvalue weighted by molar-refractivity contribution is 7.15. The molecule has 2 aromatic heterocycles. The van der Waals surface area contributed by atoms with Gasteiger partial charge < -0.3 is 5.32 Å². The lowest BCUT2D eigenvalue weighted by molar-refractivity contribution is 0.0947. The Bertz CT molecular complexity index is 1120. The molecule has 0 fully saturated rings. The van der Waals surface area contributed by atoms with Crippen molar-refractivity contribution in [1.29, 1.82) is 0 Å². The molecule has 4 nitrogen and oxygen atoms in total. The van der Waals surface area contributed by atoms with E-state index in [0.29, 0.717) is 12.2 Å². The summed E-state index contributed by atoms with van der Waals surface area (Å²) in [6.07, 6.45) is 0. The standard InChI is InChI=1S/C22H19N3OS2/c1-14-8-6-7-11-17(14)22-24-15(2)19(28-22)12-23-20(26)18-13-27-21(25-18)16-9-4-3-5-10-16/h3-11,13H,12H2,1-2H3,(H,23,26). The maximum absolute atomic E-state index is 12.5. The number of hydrogen-bond donors (Lipinski definition) is 1. The van der Waals surface area contributed by atoms with Crippen LogP contribution in [0.25, 0.3) is 21.1 Å². The first-order chi connectivity index (χ1) is 13.6. The molecule has 4 rings (SSSR count). The van der Waals surface area contributed by atoms with Gasteiger partial charge in [-0.25, -0.2) is 9.97 Å². The van der Waals surface area contributed by atoms with Crippen molar-refractivity contribution in [2.24, 2.45) is 0 Å². The Hall–Kier alpha value is -2.83. The highest BCUT2D eigenvalue weighted by Crippen LogP contribution is 2.30. The molecule has 0 bridgehead atoms. The molecule has 2 aromatic carbocycles. The van der Waals surface area contributed by atoms with Gasteiger partial charge in [0, 0.05) is 21.4 Å². The second-order valence-corrected chi connectivity index (χ2v) is 8.37. The largest absolute Gasteiger partial charge is 0.346 e. The Labute approximate surface area is 171 Å². The summed E-state index contributed by atoms with van der Waals surface area (Å²) in [5.41, 5.74) is 4.76. The molecule has 0 saturated heterocycles. The fraction of sp³-hybridized carbons (Fsp3) is 0.136. The molecule has 0 radical (unpaired) electrons. The summed E-state index contributed by atoms with van der Waals surface area (Å²) in [5.74, 6) is -0.163. The van der Waals surface area contributed by atoms with Gasteiger partial charge in [0.2, 0.25) is 0 Å². The highest BCUT2D eigenvalue weighted by Gasteiger charge is 2.15. The topological polar surface area (TPSA) is 54.9 Å². The second kappa shape index (κ2) is 8.04. The lowest BCUT2D eigenvalue weighted by Crippen LogP contribution is -2.22. The van der Waals surface area contributed by atoms with Crippen molar-refractivity contribution in [2.45, 2.75) is 20.4 Å². The highest BCUT2D eigenvalue weighted by atomic mass is 32.1. The van der Waals surface area contributed by atoms with Crippen LogP contribution >= 0.6 is 22.7 Å². The molecule has 4 aromatic rings. The van der Waals surface area contributed by atoms with Crippen LogP contribution in [-0.4, -0.2) is 15.9 Å². The third-order valence-electron chi connectivity index (χ3n) is 4.44. The van der Waals surface area contributed by atoms with E-state index in [4.69, 9.17) is 0 Å². The van der Waals surface area contributed by atoms with E-state index in [1.807, 2.05) is 49.4 Å². The number of rotatable bonds is 5. The Morgan fingerprint density at radius 3 is 2.50 bits per heavy atom. The maximum atomic E-state index is 12.5. The van der Waals surface area contributed by atoms with Gasteiger partial charge in [-0.3, -0.25) is 4.79 Å². The molecule has 0 aliphatic heterocycles. The second-order valence-electron chi connectivity index (χ2n) is 6.43. The third kappa shape index (κ3) is 3.88. The van der Waals surface area contributed by atoms with Crippen LogP contribution in [0.4, 0.5) is 0 Å². The van der Waals surface area contributed by atoms with Gasteiger partial charge in [-0.15, -0.1) is 22.7 Å². The molecule has 0 spiro atoms. The molecule has 140 valence electrons. The number of carbonyl (C=O) groups is 1. The number of benzene rings is 2. The summed E-state index contributed by atoms with van der Waals surface area (Å²) in [6.45, 7) is 4.52. The molecule has 6 heteroatoms. The molecule has 0 aliphatic rings. The van der Waals surface area contributed by atoms with Crippen LogP contribution in [0.5, 0.6) is 0 Å². The average Bonchev–Trinajstić information content (AvgIpc) is 3.34. The Morgan fingerprint density at radius 1 is 0.964 bits per heavy atom. The van der Waals surface area contributed by atoms with Gasteiger partial charge in [0.25, 0.3) is 5.91 Å². The van der Waals surface area contributed by atoms with Crippen molar-refractivity contribution in [1.82, 2.24) is 15.3 Å². The molecule has 0 saturated carbocycles. The van der Waals surface area contributed by atoms with Crippen LogP contribution in [0.2, 0.25) is 0 Å². The summed E-state index contributed by atoms with van der Waals surface area (Å²) in [7, 11) is 0. The Kier molecular flexibility index (Phi) is 5.32. The minimum Gasteiger partial charge on any atom is -0.346 e. The number of carbonyl (C=O) groups excluding carboxylic acids is 1. The zero-order valence-electron chi connectivity index (χ0n) is 15.6. The lowest BCUT2D eigenvalue weighted by atomic mass is 10.1. The number of hydrogen-bond acceptors (Lipinski definition) is 5. The summed E-state index contributed by atoms with van der Waals surface area (Å²) in [5, 5.41) is 6.61. The van der Waals surface area contributed by atoms with Gasteiger partial charge in [0.1, 0.15) is 15.7 Å².